The molecule has 57 valence electrons. The number of nitrogen functional groups attached to an aromatic ring is 1. The molecule has 0 atom stereocenters. The molecule has 0 aliphatic carbocycles. The molecule has 1 rings (SSSR count). The van der Waals surface area contributed by atoms with Gasteiger partial charge in [-0.15, -0.1) is 0 Å². The Kier molecular flexibility index (Phi) is 2.49. The lowest BCUT2D eigenvalue weighted by atomic mass is 10.2. The number of benzene rings is 1. The van der Waals surface area contributed by atoms with E-state index >= 15 is 0 Å². The van der Waals surface area contributed by atoms with E-state index in [0.29, 0.717) is 6.54 Å². The van der Waals surface area contributed by atoms with Gasteiger partial charge in [-0.3, -0.25) is 4.79 Å². The van der Waals surface area contributed by atoms with Crippen LogP contribution < -0.4 is 11.1 Å². The van der Waals surface area contributed by atoms with E-state index in [0.717, 1.165) is 11.3 Å². The summed E-state index contributed by atoms with van der Waals surface area (Å²) in [4.78, 5) is 9.78. The maximum absolute atomic E-state index is 9.78. The van der Waals surface area contributed by atoms with Crippen molar-refractivity contribution in [3.63, 3.8) is 0 Å². The molecule has 1 aromatic rings. The molecule has 3 heteroatoms. The van der Waals surface area contributed by atoms with Crippen LogP contribution in [0.4, 0.5) is 5.69 Å². The first-order valence-corrected chi connectivity index (χ1v) is 3.27. The molecule has 0 aliphatic rings. The molecule has 11 heavy (non-hydrogen) atoms. The largest absolute Gasteiger partial charge is 0.399 e. The van der Waals surface area contributed by atoms with Crippen molar-refractivity contribution >= 4 is 12.1 Å². The summed E-state index contributed by atoms with van der Waals surface area (Å²) in [5, 5.41) is 2.44. The molecule has 0 heterocycles. The Hall–Kier alpha value is -1.51. The van der Waals surface area contributed by atoms with Gasteiger partial charge in [-0.2, -0.15) is 0 Å². The first kappa shape index (κ1) is 7.60. The molecule has 3 N–H and O–H groups in total. The summed E-state index contributed by atoms with van der Waals surface area (Å²) in [6.45, 7) is 0.504. The van der Waals surface area contributed by atoms with Gasteiger partial charge in [0.25, 0.3) is 0 Å². The standard InChI is InChI=1S/C8H9N2O/c9-8-3-1-7(2-4-8)5-10-6-11/h1-4H,5,9H2,(H,10,11). The molecule has 3 nitrogen and oxygen atoms in total. The van der Waals surface area contributed by atoms with Crippen molar-refractivity contribution in [3.05, 3.63) is 29.8 Å². The predicted molar refractivity (Wildman–Crippen MR) is 43.4 cm³/mol. The summed E-state index contributed by atoms with van der Waals surface area (Å²) in [5.41, 5.74) is 7.20. The SMILES string of the molecule is Nc1ccc(CN[C]=O)cc1. The molecule has 0 fully saturated rings. The van der Waals surface area contributed by atoms with Crippen LogP contribution in [0.15, 0.2) is 24.3 Å². The summed E-state index contributed by atoms with van der Waals surface area (Å²) >= 11 is 0. The summed E-state index contributed by atoms with van der Waals surface area (Å²) in [5.74, 6) is 0. The highest BCUT2D eigenvalue weighted by atomic mass is 16.1. The molecule has 0 unspecified atom stereocenters. The van der Waals surface area contributed by atoms with Crippen LogP contribution in [0, 0.1) is 0 Å². The van der Waals surface area contributed by atoms with Gasteiger partial charge in [0, 0.05) is 12.2 Å². The van der Waals surface area contributed by atoms with Crippen LogP contribution in [0.2, 0.25) is 0 Å². The molecule has 0 saturated carbocycles. The summed E-state index contributed by atoms with van der Waals surface area (Å²) in [6, 6.07) is 7.31. The van der Waals surface area contributed by atoms with E-state index in [1.165, 1.54) is 0 Å². The second-order valence-electron chi connectivity index (χ2n) is 2.20. The highest BCUT2D eigenvalue weighted by Gasteiger charge is 1.89. The number of hydrogen-bond donors (Lipinski definition) is 2. The fourth-order valence-corrected chi connectivity index (χ4v) is 0.774. The molecule has 0 spiro atoms. The maximum Gasteiger partial charge on any atom is 0.309 e. The molecule has 0 saturated heterocycles. The second-order valence-corrected chi connectivity index (χ2v) is 2.20. The molecular weight excluding hydrogens is 140 g/mol. The van der Waals surface area contributed by atoms with E-state index in [2.05, 4.69) is 5.32 Å². The third kappa shape index (κ3) is 2.29. The van der Waals surface area contributed by atoms with Crippen molar-refractivity contribution in [1.82, 2.24) is 5.32 Å². The highest BCUT2D eigenvalue weighted by Crippen LogP contribution is 2.04. The van der Waals surface area contributed by atoms with Crippen LogP contribution in [-0.4, -0.2) is 6.41 Å². The van der Waals surface area contributed by atoms with Gasteiger partial charge in [0.15, 0.2) is 0 Å². The van der Waals surface area contributed by atoms with Gasteiger partial charge in [-0.25, -0.2) is 0 Å². The summed E-state index contributed by atoms with van der Waals surface area (Å²) in [7, 11) is 0. The number of nitrogens with one attached hydrogen (secondary N) is 1. The van der Waals surface area contributed by atoms with Gasteiger partial charge < -0.3 is 11.1 Å². The second kappa shape index (κ2) is 3.61. The van der Waals surface area contributed by atoms with Gasteiger partial charge in [0.2, 0.25) is 0 Å². The Balaban J connectivity index is 2.58. The minimum Gasteiger partial charge on any atom is -0.399 e. The van der Waals surface area contributed by atoms with Crippen molar-refractivity contribution < 1.29 is 4.79 Å². The molecule has 0 aliphatic heterocycles. The number of hydrogen-bond acceptors (Lipinski definition) is 2. The van der Waals surface area contributed by atoms with Crippen LogP contribution in [0.25, 0.3) is 0 Å². The van der Waals surface area contributed by atoms with Crippen LogP contribution in [0.3, 0.4) is 0 Å². The Morgan fingerprint density at radius 2 is 2.00 bits per heavy atom. The molecule has 1 amide bonds. The number of amides is 1. The lowest BCUT2D eigenvalue weighted by Crippen LogP contribution is -2.09. The lowest BCUT2D eigenvalue weighted by molar-refractivity contribution is 0.542. The topological polar surface area (TPSA) is 55.1 Å². The van der Waals surface area contributed by atoms with Gasteiger partial charge >= 0.3 is 6.41 Å². The molecule has 0 bridgehead atoms. The zero-order chi connectivity index (χ0) is 8.10. The normalized spacial score (nSPS) is 9.09. The Morgan fingerprint density at radius 3 is 2.55 bits per heavy atom. The van der Waals surface area contributed by atoms with Gasteiger partial charge in [-0.05, 0) is 17.7 Å². The fourth-order valence-electron chi connectivity index (χ4n) is 0.774. The number of rotatable bonds is 3. The highest BCUT2D eigenvalue weighted by molar-refractivity contribution is 5.47. The Bertz CT molecular complexity index is 230. The van der Waals surface area contributed by atoms with E-state index in [1.54, 1.807) is 18.5 Å². The zero-order valence-electron chi connectivity index (χ0n) is 6.00. The Labute approximate surface area is 65.2 Å². The van der Waals surface area contributed by atoms with Crippen LogP contribution in [0.5, 0.6) is 0 Å². The lowest BCUT2D eigenvalue weighted by Gasteiger charge is -1.98. The molecule has 1 radical (unpaired) electrons. The average Bonchev–Trinajstić information content (AvgIpc) is 2.04. The van der Waals surface area contributed by atoms with Gasteiger partial charge in [0.1, 0.15) is 0 Å². The number of anilines is 1. The third-order valence-electron chi connectivity index (χ3n) is 1.34. The van der Waals surface area contributed by atoms with Crippen molar-refractivity contribution in [2.45, 2.75) is 6.54 Å². The summed E-state index contributed by atoms with van der Waals surface area (Å²) in [6.07, 6.45) is 1.60. The van der Waals surface area contributed by atoms with E-state index in [9.17, 15) is 4.79 Å². The molecular formula is C8H9N2O. The number of carbonyl (C=O) groups excluding carboxylic acids is 1. The van der Waals surface area contributed by atoms with E-state index in [-0.39, 0.29) is 0 Å². The van der Waals surface area contributed by atoms with Crippen molar-refractivity contribution in [3.8, 4) is 0 Å². The van der Waals surface area contributed by atoms with E-state index in [1.807, 2.05) is 12.1 Å². The van der Waals surface area contributed by atoms with E-state index in [4.69, 9.17) is 5.73 Å². The summed E-state index contributed by atoms with van der Waals surface area (Å²) < 4.78 is 0. The van der Waals surface area contributed by atoms with Crippen LogP contribution in [-0.2, 0) is 11.3 Å². The van der Waals surface area contributed by atoms with Crippen molar-refractivity contribution in [2.24, 2.45) is 0 Å². The smallest absolute Gasteiger partial charge is 0.309 e. The van der Waals surface area contributed by atoms with Crippen LogP contribution >= 0.6 is 0 Å². The predicted octanol–water partition coefficient (Wildman–Crippen LogP) is 0.426. The maximum atomic E-state index is 9.78. The molecule has 1 aromatic carbocycles. The fraction of sp³-hybridized carbons (Fsp3) is 0.125. The van der Waals surface area contributed by atoms with Crippen molar-refractivity contribution in [2.75, 3.05) is 5.73 Å². The Morgan fingerprint density at radius 1 is 1.36 bits per heavy atom. The van der Waals surface area contributed by atoms with Gasteiger partial charge in [-0.1, -0.05) is 12.1 Å². The first-order chi connectivity index (χ1) is 5.33. The van der Waals surface area contributed by atoms with Crippen molar-refractivity contribution in [1.29, 1.82) is 0 Å². The minimum absolute atomic E-state index is 0.504. The zero-order valence-corrected chi connectivity index (χ0v) is 6.00. The monoisotopic (exact) mass is 149 g/mol. The van der Waals surface area contributed by atoms with E-state index < -0.39 is 0 Å². The van der Waals surface area contributed by atoms with Gasteiger partial charge in [0.05, 0.1) is 0 Å². The van der Waals surface area contributed by atoms with Crippen LogP contribution in [0.1, 0.15) is 5.56 Å². The first-order valence-electron chi connectivity index (χ1n) is 3.27. The molecule has 0 aromatic heterocycles. The number of nitrogens with two attached hydrogens (primary N) is 1. The average molecular weight is 149 g/mol. The third-order valence-corrected chi connectivity index (χ3v) is 1.34. The quantitative estimate of drug-likeness (QED) is 0.483. The minimum atomic E-state index is 0.504.